The van der Waals surface area contributed by atoms with Crippen LogP contribution in [0.4, 0.5) is 0 Å². The van der Waals surface area contributed by atoms with E-state index in [1.165, 1.54) is 6.42 Å². The molecule has 2 aliphatic heterocycles. The van der Waals surface area contributed by atoms with E-state index in [1.54, 1.807) is 0 Å². The fraction of sp³-hybridized carbons (Fsp3) is 0.933. The molecule has 2 saturated heterocycles. The monoisotopic (exact) mass is 304 g/mol. The van der Waals surface area contributed by atoms with E-state index in [9.17, 15) is 4.79 Å². The van der Waals surface area contributed by atoms with E-state index >= 15 is 0 Å². The average molecular weight is 305 g/mol. The van der Waals surface area contributed by atoms with Crippen molar-refractivity contribution >= 4 is 18.3 Å². The van der Waals surface area contributed by atoms with Crippen molar-refractivity contribution in [1.29, 1.82) is 0 Å². The summed E-state index contributed by atoms with van der Waals surface area (Å²) in [5.74, 6) is 1.82. The number of hydrogen-bond donors (Lipinski definition) is 1. The van der Waals surface area contributed by atoms with Crippen molar-refractivity contribution in [2.24, 2.45) is 11.8 Å². The number of nitrogens with one attached hydrogen (secondary N) is 1. The van der Waals surface area contributed by atoms with Crippen LogP contribution in [0, 0.1) is 11.8 Å². The van der Waals surface area contributed by atoms with Crippen LogP contribution in [0.1, 0.15) is 39.5 Å². The second-order valence-corrected chi connectivity index (χ2v) is 6.25. The van der Waals surface area contributed by atoms with Gasteiger partial charge in [0.25, 0.3) is 0 Å². The molecule has 1 amide bonds. The molecule has 0 spiro atoms. The van der Waals surface area contributed by atoms with Gasteiger partial charge >= 0.3 is 0 Å². The second kappa shape index (κ2) is 8.85. The highest BCUT2D eigenvalue weighted by atomic mass is 35.5. The van der Waals surface area contributed by atoms with Crippen LogP contribution in [-0.2, 0) is 9.53 Å². The molecule has 2 rings (SSSR count). The van der Waals surface area contributed by atoms with Gasteiger partial charge in [-0.15, -0.1) is 12.4 Å². The summed E-state index contributed by atoms with van der Waals surface area (Å²) in [7, 11) is 0. The molecule has 0 aromatic rings. The fourth-order valence-electron chi connectivity index (χ4n) is 3.13. The van der Waals surface area contributed by atoms with Crippen LogP contribution >= 0.6 is 12.4 Å². The quantitative estimate of drug-likeness (QED) is 0.868. The minimum absolute atomic E-state index is 0. The molecule has 0 aromatic heterocycles. The Morgan fingerprint density at radius 2 is 2.15 bits per heavy atom. The first-order chi connectivity index (χ1) is 9.16. The molecule has 118 valence electrons. The number of amides is 1. The van der Waals surface area contributed by atoms with E-state index in [0.29, 0.717) is 18.9 Å². The van der Waals surface area contributed by atoms with Crippen molar-refractivity contribution in [3.8, 4) is 0 Å². The van der Waals surface area contributed by atoms with Crippen LogP contribution in [0.25, 0.3) is 0 Å². The van der Waals surface area contributed by atoms with Gasteiger partial charge in [0.15, 0.2) is 0 Å². The van der Waals surface area contributed by atoms with Crippen LogP contribution in [0.3, 0.4) is 0 Å². The van der Waals surface area contributed by atoms with Crippen molar-refractivity contribution in [1.82, 2.24) is 10.2 Å². The minimum Gasteiger partial charge on any atom is -0.378 e. The van der Waals surface area contributed by atoms with Gasteiger partial charge in [0.05, 0.1) is 13.2 Å². The third-order valence-electron chi connectivity index (χ3n) is 4.49. The molecule has 4 nitrogen and oxygen atoms in total. The lowest BCUT2D eigenvalue weighted by atomic mass is 9.89. The molecule has 2 unspecified atom stereocenters. The third kappa shape index (κ3) is 5.23. The maximum Gasteiger partial charge on any atom is 0.224 e. The number of carbonyl (C=O) groups excluding carboxylic acids is 1. The first-order valence-electron chi connectivity index (χ1n) is 7.75. The predicted octanol–water partition coefficient (Wildman–Crippen LogP) is 2.07. The van der Waals surface area contributed by atoms with Gasteiger partial charge in [-0.3, -0.25) is 4.79 Å². The van der Waals surface area contributed by atoms with Crippen LogP contribution in [0.2, 0.25) is 0 Å². The van der Waals surface area contributed by atoms with Crippen molar-refractivity contribution in [2.45, 2.75) is 45.6 Å². The molecule has 2 aliphatic rings. The fourth-order valence-corrected chi connectivity index (χ4v) is 3.13. The largest absolute Gasteiger partial charge is 0.378 e. The highest BCUT2D eigenvalue weighted by Gasteiger charge is 2.24. The Labute approximate surface area is 129 Å². The first-order valence-corrected chi connectivity index (χ1v) is 7.75. The normalized spacial score (nSPS) is 27.9. The highest BCUT2D eigenvalue weighted by molar-refractivity contribution is 5.85. The Hall–Kier alpha value is -0.320. The number of likely N-dealkylation sites (tertiary alicyclic amines) is 1. The zero-order chi connectivity index (χ0) is 13.7. The topological polar surface area (TPSA) is 41.6 Å². The summed E-state index contributed by atoms with van der Waals surface area (Å²) in [5.41, 5.74) is 0. The molecule has 1 N–H and O–H groups in total. The summed E-state index contributed by atoms with van der Waals surface area (Å²) in [5, 5.41) is 3.36. The van der Waals surface area contributed by atoms with Gasteiger partial charge in [-0.25, -0.2) is 0 Å². The summed E-state index contributed by atoms with van der Waals surface area (Å²) in [6, 6.07) is 0.213. The standard InChI is InChI=1S/C15H28N2O2.ClH/c1-12(2)13-4-3-7-17(8-5-13)15(18)10-14-11-19-9-6-16-14;/h12-14,16H,3-11H2,1-2H3;1H. The summed E-state index contributed by atoms with van der Waals surface area (Å²) in [6.45, 7) is 8.79. The zero-order valence-corrected chi connectivity index (χ0v) is 13.6. The Kier molecular flexibility index (Phi) is 7.85. The number of hydrogen-bond acceptors (Lipinski definition) is 3. The molecule has 5 heteroatoms. The van der Waals surface area contributed by atoms with Crippen molar-refractivity contribution < 1.29 is 9.53 Å². The summed E-state index contributed by atoms with van der Waals surface area (Å²) < 4.78 is 5.41. The summed E-state index contributed by atoms with van der Waals surface area (Å²) in [6.07, 6.45) is 4.18. The maximum atomic E-state index is 12.3. The van der Waals surface area contributed by atoms with Gasteiger partial charge in [0.1, 0.15) is 0 Å². The Morgan fingerprint density at radius 1 is 1.35 bits per heavy atom. The van der Waals surface area contributed by atoms with Crippen LogP contribution in [0.15, 0.2) is 0 Å². The second-order valence-electron chi connectivity index (χ2n) is 6.25. The molecule has 0 aromatic carbocycles. The number of nitrogens with zero attached hydrogens (tertiary/aromatic N) is 1. The van der Waals surface area contributed by atoms with E-state index in [0.717, 1.165) is 50.9 Å². The van der Waals surface area contributed by atoms with Crippen LogP contribution in [-0.4, -0.2) is 49.7 Å². The van der Waals surface area contributed by atoms with Gasteiger partial charge in [0.2, 0.25) is 5.91 Å². The Morgan fingerprint density at radius 3 is 2.80 bits per heavy atom. The van der Waals surface area contributed by atoms with Crippen molar-refractivity contribution in [3.63, 3.8) is 0 Å². The molecule has 2 atom stereocenters. The van der Waals surface area contributed by atoms with Crippen molar-refractivity contribution in [3.05, 3.63) is 0 Å². The van der Waals surface area contributed by atoms with Gasteiger partial charge in [0, 0.05) is 32.1 Å². The number of halogens is 1. The predicted molar refractivity (Wildman–Crippen MR) is 83.2 cm³/mol. The lowest BCUT2D eigenvalue weighted by molar-refractivity contribution is -0.132. The number of ether oxygens (including phenoxy) is 1. The van der Waals surface area contributed by atoms with Crippen LogP contribution < -0.4 is 5.32 Å². The maximum absolute atomic E-state index is 12.3. The third-order valence-corrected chi connectivity index (χ3v) is 4.49. The molecule has 0 saturated carbocycles. The Bertz CT molecular complexity index is 294. The van der Waals surface area contributed by atoms with E-state index in [-0.39, 0.29) is 18.4 Å². The molecule has 2 fully saturated rings. The lowest BCUT2D eigenvalue weighted by Crippen LogP contribution is -2.45. The van der Waals surface area contributed by atoms with E-state index < -0.39 is 0 Å². The highest BCUT2D eigenvalue weighted by Crippen LogP contribution is 2.24. The molecule has 0 aliphatic carbocycles. The van der Waals surface area contributed by atoms with Crippen LogP contribution in [0.5, 0.6) is 0 Å². The van der Waals surface area contributed by atoms with Gasteiger partial charge in [-0.2, -0.15) is 0 Å². The van der Waals surface area contributed by atoms with Crippen molar-refractivity contribution in [2.75, 3.05) is 32.8 Å². The zero-order valence-electron chi connectivity index (χ0n) is 12.8. The summed E-state index contributed by atoms with van der Waals surface area (Å²) >= 11 is 0. The molecule has 20 heavy (non-hydrogen) atoms. The van der Waals surface area contributed by atoms with E-state index in [1.807, 2.05) is 0 Å². The van der Waals surface area contributed by atoms with Gasteiger partial charge in [-0.1, -0.05) is 13.8 Å². The Balaban J connectivity index is 0.00000200. The van der Waals surface area contributed by atoms with Gasteiger partial charge in [-0.05, 0) is 31.1 Å². The molecule has 0 radical (unpaired) electrons. The minimum atomic E-state index is 0. The number of rotatable bonds is 3. The molecule has 0 bridgehead atoms. The average Bonchev–Trinajstić information content (AvgIpc) is 2.65. The molecular formula is C15H29ClN2O2. The molecular weight excluding hydrogens is 276 g/mol. The van der Waals surface area contributed by atoms with Gasteiger partial charge < -0.3 is 15.0 Å². The molecule has 2 heterocycles. The van der Waals surface area contributed by atoms with E-state index in [4.69, 9.17) is 4.74 Å². The lowest BCUT2D eigenvalue weighted by Gasteiger charge is -2.27. The first kappa shape index (κ1) is 17.7. The van der Waals surface area contributed by atoms with E-state index in [2.05, 4.69) is 24.1 Å². The number of morpholine rings is 1. The smallest absolute Gasteiger partial charge is 0.224 e. The summed E-state index contributed by atoms with van der Waals surface area (Å²) in [4.78, 5) is 14.4. The SMILES string of the molecule is CC(C)C1CCCN(C(=O)CC2COCCN2)CC1.Cl. The number of carbonyl (C=O) groups is 1.